The summed E-state index contributed by atoms with van der Waals surface area (Å²) in [5.74, 6) is 0.709. The van der Waals surface area contributed by atoms with Gasteiger partial charge in [-0.2, -0.15) is 10.2 Å². The zero-order valence-electron chi connectivity index (χ0n) is 14.2. The Hall–Kier alpha value is -2.71. The lowest BCUT2D eigenvalue weighted by Gasteiger charge is -2.04. The molecule has 0 unspecified atom stereocenters. The minimum atomic E-state index is 0.608. The Bertz CT molecular complexity index is 1050. The van der Waals surface area contributed by atoms with E-state index >= 15 is 0 Å². The van der Waals surface area contributed by atoms with Gasteiger partial charge in [0.05, 0.1) is 17.9 Å². The number of nitrogens with one attached hydrogen (secondary N) is 1. The first-order valence-corrected chi connectivity index (χ1v) is 9.16. The molecule has 4 rings (SSSR count). The highest BCUT2D eigenvalue weighted by atomic mass is 35.5. The lowest BCUT2D eigenvalue weighted by molar-refractivity contribution is 0.690. The first-order valence-electron chi connectivity index (χ1n) is 7.97. The average molecular weight is 386 g/mol. The first kappa shape index (κ1) is 16.7. The van der Waals surface area contributed by atoms with Crippen LogP contribution in [-0.4, -0.2) is 29.8 Å². The summed E-state index contributed by atoms with van der Waals surface area (Å²) < 4.78 is 3.63. The van der Waals surface area contributed by atoms with E-state index in [4.69, 9.17) is 11.6 Å². The molecule has 7 nitrogen and oxygen atoms in total. The van der Waals surface area contributed by atoms with Crippen LogP contribution in [0.2, 0.25) is 5.02 Å². The number of hydrogen-bond acceptors (Lipinski definition) is 6. The van der Waals surface area contributed by atoms with Crippen LogP contribution in [0.4, 0.5) is 10.9 Å². The lowest BCUT2D eigenvalue weighted by Crippen LogP contribution is -2.01. The molecule has 0 aliphatic rings. The summed E-state index contributed by atoms with van der Waals surface area (Å²) in [7, 11) is 1.90. The van der Waals surface area contributed by atoms with Crippen LogP contribution in [0.25, 0.3) is 10.7 Å². The van der Waals surface area contributed by atoms with E-state index in [2.05, 4.69) is 25.7 Å². The highest BCUT2D eigenvalue weighted by Crippen LogP contribution is 2.28. The smallest absolute Gasteiger partial charge is 0.211 e. The number of rotatable bonds is 5. The van der Waals surface area contributed by atoms with E-state index in [1.54, 1.807) is 4.68 Å². The Balaban J connectivity index is 1.48. The van der Waals surface area contributed by atoms with Gasteiger partial charge < -0.3 is 5.32 Å². The topological polar surface area (TPSA) is 73.5 Å². The molecule has 0 saturated carbocycles. The number of aryl methyl sites for hydroxylation is 2. The Morgan fingerprint density at radius 1 is 1.15 bits per heavy atom. The summed E-state index contributed by atoms with van der Waals surface area (Å²) in [5.41, 5.74) is 2.91. The Labute approximate surface area is 159 Å². The van der Waals surface area contributed by atoms with Gasteiger partial charge in [0.15, 0.2) is 10.8 Å². The predicted molar refractivity (Wildman–Crippen MR) is 103 cm³/mol. The second-order valence-electron chi connectivity index (χ2n) is 5.82. The largest absolute Gasteiger partial charge is 0.313 e. The molecule has 0 bridgehead atoms. The fourth-order valence-corrected chi connectivity index (χ4v) is 3.61. The molecule has 9 heteroatoms. The molecule has 0 aliphatic carbocycles. The standard InChI is InChI=1S/C17H16ClN7S/c1-11-9-14(24(2)22-11)16-20-21-17(26-16)19-15-7-8-25(23-15)10-12-5-3-4-6-13(12)18/h3-9H,10H2,1-2H3,(H,19,21,23). The van der Waals surface area contributed by atoms with Crippen LogP contribution in [0.15, 0.2) is 42.6 Å². The van der Waals surface area contributed by atoms with E-state index < -0.39 is 0 Å². The zero-order chi connectivity index (χ0) is 18.1. The fraction of sp³-hybridized carbons (Fsp3) is 0.176. The van der Waals surface area contributed by atoms with Gasteiger partial charge in [-0.25, -0.2) is 0 Å². The highest BCUT2D eigenvalue weighted by Gasteiger charge is 2.12. The number of hydrogen-bond donors (Lipinski definition) is 1. The fourth-order valence-electron chi connectivity index (χ4n) is 2.62. The zero-order valence-corrected chi connectivity index (χ0v) is 15.8. The third kappa shape index (κ3) is 3.47. The van der Waals surface area contributed by atoms with Crippen molar-refractivity contribution in [3.8, 4) is 10.7 Å². The van der Waals surface area contributed by atoms with Crippen LogP contribution < -0.4 is 5.32 Å². The number of anilines is 2. The third-order valence-electron chi connectivity index (χ3n) is 3.81. The van der Waals surface area contributed by atoms with Crippen molar-refractivity contribution in [2.45, 2.75) is 13.5 Å². The molecular formula is C17H16ClN7S. The maximum atomic E-state index is 6.21. The van der Waals surface area contributed by atoms with Crippen LogP contribution >= 0.6 is 22.9 Å². The third-order valence-corrected chi connectivity index (χ3v) is 5.04. The monoisotopic (exact) mass is 385 g/mol. The van der Waals surface area contributed by atoms with Gasteiger partial charge in [0.2, 0.25) is 5.13 Å². The van der Waals surface area contributed by atoms with Gasteiger partial charge in [0.1, 0.15) is 0 Å². The molecule has 1 N–H and O–H groups in total. The molecule has 3 aromatic heterocycles. The summed E-state index contributed by atoms with van der Waals surface area (Å²) in [6.45, 7) is 2.56. The van der Waals surface area contributed by atoms with E-state index in [1.165, 1.54) is 11.3 Å². The Morgan fingerprint density at radius 2 is 2.00 bits per heavy atom. The van der Waals surface area contributed by atoms with Gasteiger partial charge in [-0.3, -0.25) is 9.36 Å². The summed E-state index contributed by atoms with van der Waals surface area (Å²) in [5, 5.41) is 22.7. The molecule has 4 aromatic rings. The minimum Gasteiger partial charge on any atom is -0.313 e. The van der Waals surface area contributed by atoms with Crippen LogP contribution in [0.5, 0.6) is 0 Å². The summed E-state index contributed by atoms with van der Waals surface area (Å²) >= 11 is 7.67. The Kier molecular flexibility index (Phi) is 4.44. The molecule has 0 spiro atoms. The molecule has 0 atom stereocenters. The summed E-state index contributed by atoms with van der Waals surface area (Å²) in [4.78, 5) is 0. The number of benzene rings is 1. The van der Waals surface area contributed by atoms with Crippen molar-refractivity contribution in [3.05, 3.63) is 58.9 Å². The van der Waals surface area contributed by atoms with Crippen molar-refractivity contribution in [2.75, 3.05) is 5.32 Å². The Morgan fingerprint density at radius 3 is 2.77 bits per heavy atom. The van der Waals surface area contributed by atoms with E-state index in [9.17, 15) is 0 Å². The van der Waals surface area contributed by atoms with Crippen molar-refractivity contribution in [1.29, 1.82) is 0 Å². The predicted octanol–water partition coefficient (Wildman–Crippen LogP) is 3.89. The molecular weight excluding hydrogens is 370 g/mol. The van der Waals surface area contributed by atoms with Gasteiger partial charge >= 0.3 is 0 Å². The molecule has 0 fully saturated rings. The van der Waals surface area contributed by atoms with Crippen LogP contribution in [0, 0.1) is 6.92 Å². The van der Waals surface area contributed by atoms with Gasteiger partial charge in [-0.1, -0.05) is 41.1 Å². The first-order chi connectivity index (χ1) is 12.6. The lowest BCUT2D eigenvalue weighted by atomic mass is 10.2. The number of nitrogens with zero attached hydrogens (tertiary/aromatic N) is 6. The normalized spacial score (nSPS) is 11.0. The molecule has 3 heterocycles. The minimum absolute atomic E-state index is 0.608. The van der Waals surface area contributed by atoms with E-state index in [-0.39, 0.29) is 0 Å². The second-order valence-corrected chi connectivity index (χ2v) is 7.21. The van der Waals surface area contributed by atoms with E-state index in [0.717, 1.165) is 27.0 Å². The SMILES string of the molecule is Cc1cc(-c2nnc(Nc3ccn(Cc4ccccc4Cl)n3)s2)n(C)n1. The molecule has 0 saturated heterocycles. The van der Waals surface area contributed by atoms with E-state index in [0.29, 0.717) is 17.5 Å². The molecule has 0 radical (unpaired) electrons. The van der Waals surface area contributed by atoms with Gasteiger partial charge in [0, 0.05) is 24.3 Å². The van der Waals surface area contributed by atoms with Crippen molar-refractivity contribution in [2.24, 2.45) is 7.05 Å². The molecule has 26 heavy (non-hydrogen) atoms. The van der Waals surface area contributed by atoms with Gasteiger partial charge in [-0.15, -0.1) is 10.2 Å². The molecule has 132 valence electrons. The van der Waals surface area contributed by atoms with Crippen LogP contribution in [-0.2, 0) is 13.6 Å². The summed E-state index contributed by atoms with van der Waals surface area (Å²) in [6.07, 6.45) is 1.90. The molecule has 0 amide bonds. The van der Waals surface area contributed by atoms with Crippen LogP contribution in [0.3, 0.4) is 0 Å². The number of halogens is 1. The quantitative estimate of drug-likeness (QED) is 0.564. The van der Waals surface area contributed by atoms with Crippen molar-refractivity contribution >= 4 is 33.9 Å². The highest BCUT2D eigenvalue weighted by molar-refractivity contribution is 7.18. The van der Waals surface area contributed by atoms with Crippen molar-refractivity contribution in [3.63, 3.8) is 0 Å². The molecule has 0 aliphatic heterocycles. The van der Waals surface area contributed by atoms with Gasteiger partial charge in [0.25, 0.3) is 0 Å². The van der Waals surface area contributed by atoms with Crippen molar-refractivity contribution in [1.82, 2.24) is 29.8 Å². The second kappa shape index (κ2) is 6.89. The van der Waals surface area contributed by atoms with Crippen molar-refractivity contribution < 1.29 is 0 Å². The van der Waals surface area contributed by atoms with Gasteiger partial charge in [-0.05, 0) is 24.6 Å². The summed E-state index contributed by atoms with van der Waals surface area (Å²) in [6, 6.07) is 11.6. The average Bonchev–Trinajstić information content (AvgIpc) is 3.31. The molecule has 1 aromatic carbocycles. The maximum Gasteiger partial charge on any atom is 0.211 e. The van der Waals surface area contributed by atoms with E-state index in [1.807, 2.05) is 61.2 Å². The maximum absolute atomic E-state index is 6.21. The number of aromatic nitrogens is 6. The van der Waals surface area contributed by atoms with Crippen LogP contribution in [0.1, 0.15) is 11.3 Å².